The van der Waals surface area contributed by atoms with Crippen molar-refractivity contribution in [2.24, 2.45) is 0 Å². The molecule has 3 nitrogen and oxygen atoms in total. The molecule has 6 aromatic rings. The van der Waals surface area contributed by atoms with Gasteiger partial charge < -0.3 is 14.2 Å². The molecule has 202 valence electrons. The molecule has 1 aliphatic rings. The van der Waals surface area contributed by atoms with E-state index in [1.54, 1.807) is 0 Å². The standard InChI is InChI=1S/C37H31O3P/c1-37(2,3)41-24-38-34-23-10-18-29(36(34)41)35-32(39-30-19-8-14-25-12-4-6-16-27(25)30)21-11-22-33(35)40-31-20-9-15-26-13-5-7-17-28(26)31/h4-23H,24H2,1-3H3/t41-/m1/s1. The molecule has 0 unspecified atom stereocenters. The van der Waals surface area contributed by atoms with Crippen molar-refractivity contribution in [2.45, 2.75) is 25.9 Å². The highest BCUT2D eigenvalue weighted by atomic mass is 31.1. The summed E-state index contributed by atoms with van der Waals surface area (Å²) in [6, 6.07) is 41.5. The van der Waals surface area contributed by atoms with Gasteiger partial charge in [-0.05, 0) is 54.2 Å². The molecular weight excluding hydrogens is 523 g/mol. The van der Waals surface area contributed by atoms with Crippen LogP contribution in [0.15, 0.2) is 121 Å². The van der Waals surface area contributed by atoms with Crippen molar-refractivity contribution in [1.82, 2.24) is 0 Å². The van der Waals surface area contributed by atoms with Crippen molar-refractivity contribution in [3.05, 3.63) is 121 Å². The van der Waals surface area contributed by atoms with Crippen LogP contribution in [0.2, 0.25) is 0 Å². The van der Waals surface area contributed by atoms with Gasteiger partial charge in [0.25, 0.3) is 0 Å². The topological polar surface area (TPSA) is 27.7 Å². The van der Waals surface area contributed by atoms with E-state index in [1.165, 1.54) is 5.30 Å². The number of hydrogen-bond acceptors (Lipinski definition) is 3. The highest BCUT2D eigenvalue weighted by Crippen LogP contribution is 2.57. The summed E-state index contributed by atoms with van der Waals surface area (Å²) in [7, 11) is -0.580. The maximum absolute atomic E-state index is 6.81. The smallest absolute Gasteiger partial charge is 0.139 e. The Hall–Kier alpha value is -4.33. The number of hydrogen-bond donors (Lipinski definition) is 0. The number of ether oxygens (including phenoxy) is 3. The summed E-state index contributed by atoms with van der Waals surface area (Å²) in [6.45, 7) is 6.92. The molecule has 1 aliphatic heterocycles. The van der Waals surface area contributed by atoms with Crippen molar-refractivity contribution in [2.75, 3.05) is 6.35 Å². The van der Waals surface area contributed by atoms with E-state index >= 15 is 0 Å². The van der Waals surface area contributed by atoms with Crippen LogP contribution in [0.3, 0.4) is 0 Å². The summed E-state index contributed by atoms with van der Waals surface area (Å²) in [5.74, 6) is 4.09. The summed E-state index contributed by atoms with van der Waals surface area (Å²) >= 11 is 0. The lowest BCUT2D eigenvalue weighted by molar-refractivity contribution is 0.400. The molecule has 0 spiro atoms. The second-order valence-corrected chi connectivity index (χ2v) is 14.2. The van der Waals surface area contributed by atoms with Gasteiger partial charge in [0.15, 0.2) is 0 Å². The van der Waals surface area contributed by atoms with Gasteiger partial charge in [0.1, 0.15) is 35.1 Å². The lowest BCUT2D eigenvalue weighted by atomic mass is 10.0. The molecular formula is C37H31O3P. The second-order valence-electron chi connectivity index (χ2n) is 11.3. The van der Waals surface area contributed by atoms with Gasteiger partial charge in [-0.15, -0.1) is 0 Å². The Morgan fingerprint density at radius 2 is 1.05 bits per heavy atom. The monoisotopic (exact) mass is 554 g/mol. The molecule has 1 atom stereocenters. The van der Waals surface area contributed by atoms with Gasteiger partial charge in [-0.25, -0.2) is 0 Å². The van der Waals surface area contributed by atoms with Crippen LogP contribution in [-0.4, -0.2) is 11.5 Å². The van der Waals surface area contributed by atoms with Crippen molar-refractivity contribution in [3.63, 3.8) is 0 Å². The number of rotatable bonds is 5. The average molecular weight is 555 g/mol. The minimum Gasteiger partial charge on any atom is -0.488 e. The van der Waals surface area contributed by atoms with E-state index in [1.807, 2.05) is 54.6 Å². The van der Waals surface area contributed by atoms with Gasteiger partial charge >= 0.3 is 0 Å². The highest BCUT2D eigenvalue weighted by Gasteiger charge is 2.37. The summed E-state index contributed by atoms with van der Waals surface area (Å²) in [5.41, 5.74) is 2.04. The third kappa shape index (κ3) is 4.71. The van der Waals surface area contributed by atoms with Crippen LogP contribution in [0.4, 0.5) is 0 Å². The van der Waals surface area contributed by atoms with Crippen LogP contribution in [0.25, 0.3) is 32.7 Å². The normalized spacial score (nSPS) is 14.6. The van der Waals surface area contributed by atoms with E-state index in [0.29, 0.717) is 0 Å². The minimum absolute atomic E-state index is 0.0821. The average Bonchev–Trinajstić information content (AvgIpc) is 3.44. The van der Waals surface area contributed by atoms with E-state index in [-0.39, 0.29) is 5.16 Å². The van der Waals surface area contributed by atoms with Gasteiger partial charge in [0.05, 0.1) is 5.56 Å². The van der Waals surface area contributed by atoms with Crippen LogP contribution in [0.1, 0.15) is 20.8 Å². The zero-order chi connectivity index (χ0) is 28.0. The first kappa shape index (κ1) is 25.6. The predicted molar refractivity (Wildman–Crippen MR) is 172 cm³/mol. The lowest BCUT2D eigenvalue weighted by Crippen LogP contribution is -2.19. The van der Waals surface area contributed by atoms with Crippen LogP contribution >= 0.6 is 7.92 Å². The Morgan fingerprint density at radius 1 is 0.561 bits per heavy atom. The van der Waals surface area contributed by atoms with E-state index in [4.69, 9.17) is 14.2 Å². The Kier molecular flexibility index (Phi) is 6.41. The molecule has 0 amide bonds. The van der Waals surface area contributed by atoms with Crippen LogP contribution < -0.4 is 19.5 Å². The Bertz CT molecular complexity index is 1790. The first-order valence-electron chi connectivity index (χ1n) is 14.0. The molecule has 1 heterocycles. The van der Waals surface area contributed by atoms with Crippen molar-refractivity contribution in [3.8, 4) is 39.9 Å². The molecule has 0 aromatic heterocycles. The third-order valence-electron chi connectivity index (χ3n) is 7.62. The molecule has 0 N–H and O–H groups in total. The summed E-state index contributed by atoms with van der Waals surface area (Å²) in [6.07, 6.45) is 0.719. The van der Waals surface area contributed by atoms with E-state index < -0.39 is 7.92 Å². The maximum Gasteiger partial charge on any atom is 0.139 e. The summed E-state index contributed by atoms with van der Waals surface area (Å²) < 4.78 is 19.9. The van der Waals surface area contributed by atoms with Crippen LogP contribution in [-0.2, 0) is 0 Å². The SMILES string of the molecule is CC(C)(C)[P@]1COc2cccc(-c3c(Oc4cccc5ccccc45)cccc3Oc3cccc4ccccc34)c21. The largest absolute Gasteiger partial charge is 0.488 e. The molecule has 0 saturated carbocycles. The molecule has 6 aromatic carbocycles. The van der Waals surface area contributed by atoms with Gasteiger partial charge in [0.2, 0.25) is 0 Å². The zero-order valence-corrected chi connectivity index (χ0v) is 24.3. The summed E-state index contributed by atoms with van der Waals surface area (Å²) in [4.78, 5) is 0. The summed E-state index contributed by atoms with van der Waals surface area (Å²) in [5, 5.41) is 5.77. The molecule has 7 rings (SSSR count). The first-order valence-corrected chi connectivity index (χ1v) is 15.5. The van der Waals surface area contributed by atoms with Gasteiger partial charge in [-0.2, -0.15) is 0 Å². The molecule has 0 bridgehead atoms. The fourth-order valence-corrected chi connectivity index (χ4v) is 7.94. The van der Waals surface area contributed by atoms with E-state index in [0.717, 1.165) is 67.8 Å². The van der Waals surface area contributed by atoms with Crippen molar-refractivity contribution in [1.29, 1.82) is 0 Å². The molecule has 0 fully saturated rings. The Balaban J connectivity index is 1.45. The van der Waals surface area contributed by atoms with Crippen LogP contribution in [0.5, 0.6) is 28.7 Å². The Labute approximate surface area is 242 Å². The lowest BCUT2D eigenvalue weighted by Gasteiger charge is -2.28. The fourth-order valence-electron chi connectivity index (χ4n) is 5.60. The van der Waals surface area contributed by atoms with Gasteiger partial charge in [-0.1, -0.05) is 112 Å². The van der Waals surface area contributed by atoms with E-state index in [2.05, 4.69) is 87.5 Å². The maximum atomic E-state index is 6.81. The van der Waals surface area contributed by atoms with E-state index in [9.17, 15) is 0 Å². The zero-order valence-electron chi connectivity index (χ0n) is 23.4. The molecule has 0 aliphatic carbocycles. The van der Waals surface area contributed by atoms with Gasteiger partial charge in [0, 0.05) is 21.6 Å². The fraction of sp³-hybridized carbons (Fsp3) is 0.135. The van der Waals surface area contributed by atoms with Crippen LogP contribution in [0, 0.1) is 0 Å². The Morgan fingerprint density at radius 3 is 1.63 bits per heavy atom. The quantitative estimate of drug-likeness (QED) is 0.198. The molecule has 41 heavy (non-hydrogen) atoms. The second kappa shape index (κ2) is 10.3. The van der Waals surface area contributed by atoms with Crippen molar-refractivity contribution >= 4 is 34.8 Å². The van der Waals surface area contributed by atoms with Crippen molar-refractivity contribution < 1.29 is 14.2 Å². The predicted octanol–water partition coefficient (Wildman–Crippen LogP) is 10.5. The first-order chi connectivity index (χ1) is 20.0. The molecule has 0 saturated heterocycles. The third-order valence-corrected chi connectivity index (χ3v) is 10.6. The highest BCUT2D eigenvalue weighted by molar-refractivity contribution is 7.67. The van der Waals surface area contributed by atoms with Gasteiger partial charge in [-0.3, -0.25) is 0 Å². The minimum atomic E-state index is -0.580. The molecule has 4 heteroatoms. The number of fused-ring (bicyclic) bond motifs is 3. The number of benzene rings is 6. The molecule has 0 radical (unpaired) electrons.